The van der Waals surface area contributed by atoms with Gasteiger partial charge in [0.05, 0.1) is 24.6 Å². The van der Waals surface area contributed by atoms with E-state index in [0.717, 1.165) is 48.6 Å². The lowest BCUT2D eigenvalue weighted by atomic mass is 9.86. The van der Waals surface area contributed by atoms with Crippen LogP contribution in [0.1, 0.15) is 24.5 Å². The number of nitrogens with two attached hydrogens (primary N) is 1. The van der Waals surface area contributed by atoms with Crippen LogP contribution in [0.2, 0.25) is 0 Å². The maximum atomic E-state index is 5.63. The summed E-state index contributed by atoms with van der Waals surface area (Å²) in [6.07, 6.45) is 6.07. The zero-order valence-electron chi connectivity index (χ0n) is 13.9. The van der Waals surface area contributed by atoms with Gasteiger partial charge in [0.2, 0.25) is 11.9 Å². The highest BCUT2D eigenvalue weighted by molar-refractivity contribution is 5.60. The van der Waals surface area contributed by atoms with Gasteiger partial charge in [-0.15, -0.1) is 0 Å². The number of hydrogen-bond acceptors (Lipinski definition) is 7. The Morgan fingerprint density at radius 1 is 1.08 bits per heavy atom. The minimum absolute atomic E-state index is 0.285. The molecule has 7 rings (SSSR count). The van der Waals surface area contributed by atoms with Crippen molar-refractivity contribution in [1.82, 2.24) is 19.9 Å². The van der Waals surface area contributed by atoms with Crippen molar-refractivity contribution in [2.75, 3.05) is 30.4 Å². The molecule has 3 saturated heterocycles. The lowest BCUT2D eigenvalue weighted by Crippen LogP contribution is -2.30. The number of hydrogen-bond donors (Lipinski definition) is 1. The second-order valence-electron chi connectivity index (χ2n) is 7.84. The zero-order chi connectivity index (χ0) is 16.5. The smallest absolute Gasteiger partial charge is 0.226 e. The van der Waals surface area contributed by atoms with Crippen LogP contribution < -0.4 is 10.6 Å². The maximum absolute atomic E-state index is 5.63. The molecule has 3 aliphatic heterocycles. The molecule has 0 spiro atoms. The average Bonchev–Trinajstić information content (AvgIpc) is 3.04. The molecule has 0 aromatic carbocycles. The molecule has 0 radical (unpaired) electrons. The predicted molar refractivity (Wildman–Crippen MR) is 91.9 cm³/mol. The van der Waals surface area contributed by atoms with Gasteiger partial charge in [-0.3, -0.25) is 0 Å². The van der Waals surface area contributed by atoms with Gasteiger partial charge in [-0.2, -0.15) is 0 Å². The van der Waals surface area contributed by atoms with E-state index in [1.165, 1.54) is 12.8 Å². The third-order valence-corrected chi connectivity index (χ3v) is 6.36. The molecule has 2 N–H and O–H groups in total. The van der Waals surface area contributed by atoms with Crippen LogP contribution in [-0.4, -0.2) is 45.7 Å². The van der Waals surface area contributed by atoms with Crippen LogP contribution in [0, 0.1) is 17.8 Å². The third kappa shape index (κ3) is 2.08. The molecule has 7 nitrogen and oxygen atoms in total. The largest absolute Gasteiger partial charge is 0.381 e. The van der Waals surface area contributed by atoms with Gasteiger partial charge in [-0.1, -0.05) is 0 Å². The maximum Gasteiger partial charge on any atom is 0.226 e. The van der Waals surface area contributed by atoms with Crippen LogP contribution in [0.5, 0.6) is 0 Å². The normalized spacial score (nSPS) is 34.7. The van der Waals surface area contributed by atoms with E-state index in [9.17, 15) is 0 Å². The molecule has 2 saturated carbocycles. The first-order chi connectivity index (χ1) is 12.3. The lowest BCUT2D eigenvalue weighted by Gasteiger charge is -2.26. The fraction of sp³-hybridized carbons (Fsp3) is 0.556. The summed E-state index contributed by atoms with van der Waals surface area (Å²) < 4.78 is 5.55. The summed E-state index contributed by atoms with van der Waals surface area (Å²) >= 11 is 0. The van der Waals surface area contributed by atoms with E-state index in [1.807, 2.05) is 0 Å². The molecular formula is C18H20N6O. The van der Waals surface area contributed by atoms with E-state index >= 15 is 0 Å². The monoisotopic (exact) mass is 336 g/mol. The quantitative estimate of drug-likeness (QED) is 0.908. The number of aromatic nitrogens is 4. The van der Waals surface area contributed by atoms with Crippen LogP contribution >= 0.6 is 0 Å². The first-order valence-corrected chi connectivity index (χ1v) is 9.07. The number of rotatable bonds is 3. The molecule has 3 atom stereocenters. The van der Waals surface area contributed by atoms with Crippen molar-refractivity contribution in [3.05, 3.63) is 24.2 Å². The van der Waals surface area contributed by atoms with E-state index in [2.05, 4.69) is 20.9 Å². The van der Waals surface area contributed by atoms with Gasteiger partial charge in [-0.25, -0.2) is 19.9 Å². The molecule has 5 fully saturated rings. The van der Waals surface area contributed by atoms with Crippen LogP contribution in [0.15, 0.2) is 18.5 Å². The first kappa shape index (κ1) is 13.9. The summed E-state index contributed by atoms with van der Waals surface area (Å²) in [5.74, 6) is 3.76. The Hall–Kier alpha value is -2.28. The van der Waals surface area contributed by atoms with E-state index < -0.39 is 0 Å². The molecule has 2 aliphatic carbocycles. The second-order valence-corrected chi connectivity index (χ2v) is 7.84. The molecule has 5 heterocycles. The molecule has 1 unspecified atom stereocenters. The third-order valence-electron chi connectivity index (χ3n) is 6.36. The Morgan fingerprint density at radius 3 is 2.52 bits per heavy atom. The van der Waals surface area contributed by atoms with Crippen molar-refractivity contribution in [3.8, 4) is 11.3 Å². The van der Waals surface area contributed by atoms with Crippen molar-refractivity contribution in [2.45, 2.75) is 24.8 Å². The Labute approximate surface area is 145 Å². The predicted octanol–water partition coefficient (Wildman–Crippen LogP) is 1.47. The highest BCUT2D eigenvalue weighted by Gasteiger charge is 2.55. The first-order valence-electron chi connectivity index (χ1n) is 9.07. The Balaban J connectivity index is 1.42. The van der Waals surface area contributed by atoms with E-state index in [1.54, 1.807) is 12.4 Å². The summed E-state index contributed by atoms with van der Waals surface area (Å²) in [5, 5.41) is 0. The number of nitrogen functional groups attached to an aromatic ring is 1. The van der Waals surface area contributed by atoms with Gasteiger partial charge in [0, 0.05) is 36.5 Å². The summed E-state index contributed by atoms with van der Waals surface area (Å²) in [7, 11) is 0. The van der Waals surface area contributed by atoms with Gasteiger partial charge in [0.15, 0.2) is 0 Å². The SMILES string of the molecule is Nc1ncc(-c2cc(C3[C@H]4COC[C@@H]34)nc(N3CC4CC3C4)n2)cn1. The summed E-state index contributed by atoms with van der Waals surface area (Å²) in [4.78, 5) is 20.5. The van der Waals surface area contributed by atoms with Crippen LogP contribution in [0.3, 0.4) is 0 Å². The van der Waals surface area contributed by atoms with E-state index in [0.29, 0.717) is 23.8 Å². The molecule has 5 aliphatic rings. The highest BCUT2D eigenvalue weighted by atomic mass is 16.5. The molecule has 0 amide bonds. The Bertz CT molecular complexity index is 824. The summed E-state index contributed by atoms with van der Waals surface area (Å²) in [5.41, 5.74) is 8.58. The topological polar surface area (TPSA) is 90.0 Å². The van der Waals surface area contributed by atoms with Crippen molar-refractivity contribution >= 4 is 11.9 Å². The molecule has 128 valence electrons. The van der Waals surface area contributed by atoms with Crippen LogP contribution in [-0.2, 0) is 4.74 Å². The van der Waals surface area contributed by atoms with Gasteiger partial charge in [0.1, 0.15) is 0 Å². The number of fused-ring (bicyclic) bond motifs is 2. The fourth-order valence-electron chi connectivity index (χ4n) is 4.82. The van der Waals surface area contributed by atoms with Crippen molar-refractivity contribution < 1.29 is 4.74 Å². The zero-order valence-corrected chi connectivity index (χ0v) is 13.9. The van der Waals surface area contributed by atoms with Gasteiger partial charge in [0.25, 0.3) is 0 Å². The van der Waals surface area contributed by atoms with Gasteiger partial charge in [-0.05, 0) is 36.7 Å². The van der Waals surface area contributed by atoms with E-state index in [4.69, 9.17) is 20.4 Å². The number of ether oxygens (including phenoxy) is 1. The van der Waals surface area contributed by atoms with Crippen molar-refractivity contribution in [2.24, 2.45) is 17.8 Å². The Kier molecular flexibility index (Phi) is 2.72. The van der Waals surface area contributed by atoms with Crippen LogP contribution in [0.25, 0.3) is 11.3 Å². The lowest BCUT2D eigenvalue weighted by molar-refractivity contribution is 0.160. The molecule has 25 heavy (non-hydrogen) atoms. The summed E-state index contributed by atoms with van der Waals surface area (Å²) in [6, 6.07) is 2.74. The molecule has 2 aromatic rings. The number of anilines is 2. The second kappa shape index (κ2) is 4.88. The van der Waals surface area contributed by atoms with Gasteiger partial charge < -0.3 is 15.4 Å². The highest BCUT2D eigenvalue weighted by Crippen LogP contribution is 2.57. The summed E-state index contributed by atoms with van der Waals surface area (Å²) in [6.45, 7) is 2.82. The average molecular weight is 336 g/mol. The molecule has 2 bridgehead atoms. The molecular weight excluding hydrogens is 316 g/mol. The fourth-order valence-corrected chi connectivity index (χ4v) is 4.82. The van der Waals surface area contributed by atoms with Crippen molar-refractivity contribution in [3.63, 3.8) is 0 Å². The molecule has 7 heteroatoms. The minimum Gasteiger partial charge on any atom is -0.381 e. The van der Waals surface area contributed by atoms with Crippen LogP contribution in [0.4, 0.5) is 11.9 Å². The van der Waals surface area contributed by atoms with Gasteiger partial charge >= 0.3 is 0 Å². The van der Waals surface area contributed by atoms with Crippen molar-refractivity contribution in [1.29, 1.82) is 0 Å². The molecule has 2 aromatic heterocycles. The minimum atomic E-state index is 0.285. The standard InChI is InChI=1S/C18H20N6O/c19-17-20-4-10(5-21-17)14-3-15(16-12-7-25-8-13(12)16)23-18(22-14)24-6-9-1-11(24)2-9/h3-5,9,11-13,16H,1-2,6-8H2,(H2,19,20,21)/t9?,11?,12-,13+,16?. The van der Waals surface area contributed by atoms with E-state index in [-0.39, 0.29) is 5.95 Å². The number of nitrogens with zero attached hydrogens (tertiary/aromatic N) is 5. The Morgan fingerprint density at radius 2 is 1.84 bits per heavy atom.